The zero-order valence-corrected chi connectivity index (χ0v) is 17.9. The number of carbonyl (C=O) groups is 3. The van der Waals surface area contributed by atoms with Crippen molar-refractivity contribution in [2.75, 3.05) is 13.4 Å². The van der Waals surface area contributed by atoms with Gasteiger partial charge in [0, 0.05) is 6.54 Å². The Morgan fingerprint density at radius 2 is 1.84 bits per heavy atom. The number of ether oxygens (including phenoxy) is 3. The molecule has 0 spiro atoms. The SMILES string of the molecule is CC(C)[C@H](NC(=O)c1ccccc1Cl)C(=O)OCC(=O)NCc1ccc2c(c1)OCO2. The van der Waals surface area contributed by atoms with Gasteiger partial charge in [-0.05, 0) is 35.7 Å². The summed E-state index contributed by atoms with van der Waals surface area (Å²) in [5.74, 6) is -0.640. The first-order valence-electron chi connectivity index (χ1n) is 9.72. The quantitative estimate of drug-likeness (QED) is 0.604. The topological polar surface area (TPSA) is 103 Å². The Morgan fingerprint density at radius 3 is 2.58 bits per heavy atom. The lowest BCUT2D eigenvalue weighted by atomic mass is 10.0. The molecule has 9 heteroatoms. The lowest BCUT2D eigenvalue weighted by molar-refractivity contribution is -0.151. The number of halogens is 1. The van der Waals surface area contributed by atoms with Gasteiger partial charge in [0.25, 0.3) is 11.8 Å². The summed E-state index contributed by atoms with van der Waals surface area (Å²) < 4.78 is 15.7. The number of hydrogen-bond acceptors (Lipinski definition) is 6. The van der Waals surface area contributed by atoms with E-state index in [1.807, 2.05) is 0 Å². The van der Waals surface area contributed by atoms with Crippen LogP contribution >= 0.6 is 11.6 Å². The molecule has 1 aliphatic rings. The first-order valence-corrected chi connectivity index (χ1v) is 10.1. The lowest BCUT2D eigenvalue weighted by Gasteiger charge is -2.21. The molecule has 1 aliphatic heterocycles. The number of hydrogen-bond donors (Lipinski definition) is 2. The van der Waals surface area contributed by atoms with Gasteiger partial charge in [-0.2, -0.15) is 0 Å². The fourth-order valence-electron chi connectivity index (χ4n) is 2.89. The molecule has 0 fully saturated rings. The fraction of sp³-hybridized carbons (Fsp3) is 0.318. The molecule has 0 aromatic heterocycles. The van der Waals surface area contributed by atoms with Crippen molar-refractivity contribution in [3.8, 4) is 11.5 Å². The van der Waals surface area contributed by atoms with Gasteiger partial charge in [0.15, 0.2) is 18.1 Å². The maximum Gasteiger partial charge on any atom is 0.329 e. The van der Waals surface area contributed by atoms with Crippen LogP contribution in [0, 0.1) is 5.92 Å². The summed E-state index contributed by atoms with van der Waals surface area (Å²) in [6.07, 6.45) is 0. The maximum atomic E-state index is 12.5. The second kappa shape index (κ2) is 10.2. The molecule has 2 N–H and O–H groups in total. The number of benzene rings is 2. The molecule has 0 saturated carbocycles. The third kappa shape index (κ3) is 5.88. The van der Waals surface area contributed by atoms with E-state index in [0.29, 0.717) is 11.5 Å². The Labute approximate surface area is 184 Å². The van der Waals surface area contributed by atoms with Gasteiger partial charge in [-0.3, -0.25) is 9.59 Å². The van der Waals surface area contributed by atoms with Crippen LogP contribution in [-0.2, 0) is 20.9 Å². The number of carbonyl (C=O) groups excluding carboxylic acids is 3. The van der Waals surface area contributed by atoms with Crippen LogP contribution in [0.25, 0.3) is 0 Å². The minimum Gasteiger partial charge on any atom is -0.454 e. The Bertz CT molecular complexity index is 978. The fourth-order valence-corrected chi connectivity index (χ4v) is 3.11. The number of esters is 1. The summed E-state index contributed by atoms with van der Waals surface area (Å²) in [5.41, 5.74) is 1.07. The van der Waals surface area contributed by atoms with Crippen LogP contribution in [0.15, 0.2) is 42.5 Å². The van der Waals surface area contributed by atoms with Gasteiger partial charge in [-0.1, -0.05) is 43.6 Å². The van der Waals surface area contributed by atoms with Crippen molar-refractivity contribution in [2.45, 2.75) is 26.4 Å². The predicted octanol–water partition coefficient (Wildman–Crippen LogP) is 2.68. The molecular formula is C22H23ClN2O6. The van der Waals surface area contributed by atoms with Crippen molar-refractivity contribution >= 4 is 29.4 Å². The zero-order chi connectivity index (χ0) is 22.4. The Balaban J connectivity index is 1.49. The first-order chi connectivity index (χ1) is 14.8. The molecule has 3 rings (SSSR count). The van der Waals surface area contributed by atoms with E-state index in [1.165, 1.54) is 0 Å². The normalized spacial score (nSPS) is 12.9. The average molecular weight is 447 g/mol. The van der Waals surface area contributed by atoms with Gasteiger partial charge in [0.2, 0.25) is 6.79 Å². The van der Waals surface area contributed by atoms with Gasteiger partial charge >= 0.3 is 5.97 Å². The second-order valence-electron chi connectivity index (χ2n) is 7.25. The maximum absolute atomic E-state index is 12.5. The smallest absolute Gasteiger partial charge is 0.329 e. The molecule has 0 bridgehead atoms. The van der Waals surface area contributed by atoms with E-state index >= 15 is 0 Å². The second-order valence-corrected chi connectivity index (χ2v) is 7.65. The van der Waals surface area contributed by atoms with Crippen molar-refractivity contribution in [3.63, 3.8) is 0 Å². The highest BCUT2D eigenvalue weighted by molar-refractivity contribution is 6.33. The summed E-state index contributed by atoms with van der Waals surface area (Å²) >= 11 is 6.04. The van der Waals surface area contributed by atoms with E-state index in [2.05, 4.69) is 10.6 Å². The van der Waals surface area contributed by atoms with Crippen LogP contribution < -0.4 is 20.1 Å². The molecule has 0 unspecified atom stereocenters. The van der Waals surface area contributed by atoms with Crippen LogP contribution in [-0.4, -0.2) is 37.2 Å². The van der Waals surface area contributed by atoms with E-state index in [4.69, 9.17) is 25.8 Å². The van der Waals surface area contributed by atoms with Crippen LogP contribution in [0.4, 0.5) is 0 Å². The van der Waals surface area contributed by atoms with Crippen molar-refractivity contribution in [2.24, 2.45) is 5.92 Å². The Morgan fingerprint density at radius 1 is 1.10 bits per heavy atom. The molecular weight excluding hydrogens is 424 g/mol. The molecule has 0 aliphatic carbocycles. The molecule has 0 radical (unpaired) electrons. The monoisotopic (exact) mass is 446 g/mol. The van der Waals surface area contributed by atoms with E-state index in [1.54, 1.807) is 56.3 Å². The molecule has 8 nitrogen and oxygen atoms in total. The predicted molar refractivity (Wildman–Crippen MR) is 113 cm³/mol. The molecule has 2 aromatic carbocycles. The summed E-state index contributed by atoms with van der Waals surface area (Å²) in [6, 6.07) is 10.9. The van der Waals surface area contributed by atoms with Crippen LogP contribution in [0.3, 0.4) is 0 Å². The molecule has 2 amide bonds. The number of fused-ring (bicyclic) bond motifs is 1. The highest BCUT2D eigenvalue weighted by Crippen LogP contribution is 2.32. The zero-order valence-electron chi connectivity index (χ0n) is 17.1. The summed E-state index contributed by atoms with van der Waals surface area (Å²) in [4.78, 5) is 37.0. The molecule has 1 atom stereocenters. The van der Waals surface area contributed by atoms with Crippen molar-refractivity contribution in [1.82, 2.24) is 10.6 Å². The largest absolute Gasteiger partial charge is 0.454 e. The number of nitrogens with one attached hydrogen (secondary N) is 2. The Hall–Kier alpha value is -3.26. The van der Waals surface area contributed by atoms with Gasteiger partial charge in [0.1, 0.15) is 6.04 Å². The standard InChI is InChI=1S/C22H23ClN2O6/c1-13(2)20(25-21(27)15-5-3-4-6-16(15)23)22(28)29-11-19(26)24-10-14-7-8-17-18(9-14)31-12-30-17/h3-9,13,20H,10-12H2,1-2H3,(H,24,26)(H,25,27)/t20-/m0/s1. The molecule has 164 valence electrons. The minimum atomic E-state index is -0.926. The first kappa shape index (κ1) is 22.4. The van der Waals surface area contributed by atoms with Crippen LogP contribution in [0.5, 0.6) is 11.5 Å². The Kier molecular flexibility index (Phi) is 7.36. The highest BCUT2D eigenvalue weighted by atomic mass is 35.5. The summed E-state index contributed by atoms with van der Waals surface area (Å²) in [7, 11) is 0. The molecule has 2 aromatic rings. The number of amides is 2. The average Bonchev–Trinajstić information content (AvgIpc) is 3.22. The van der Waals surface area contributed by atoms with Crippen molar-refractivity contribution in [3.05, 3.63) is 58.6 Å². The molecule has 0 saturated heterocycles. The van der Waals surface area contributed by atoms with Gasteiger partial charge in [-0.25, -0.2) is 4.79 Å². The van der Waals surface area contributed by atoms with Crippen LogP contribution in [0.1, 0.15) is 29.8 Å². The van der Waals surface area contributed by atoms with Gasteiger partial charge in [0.05, 0.1) is 10.6 Å². The minimum absolute atomic E-state index is 0.172. The lowest BCUT2D eigenvalue weighted by Crippen LogP contribution is -2.46. The van der Waals surface area contributed by atoms with Gasteiger partial charge < -0.3 is 24.8 Å². The van der Waals surface area contributed by atoms with Crippen LogP contribution in [0.2, 0.25) is 5.02 Å². The van der Waals surface area contributed by atoms with Gasteiger partial charge in [-0.15, -0.1) is 0 Å². The van der Waals surface area contributed by atoms with Crippen molar-refractivity contribution in [1.29, 1.82) is 0 Å². The highest BCUT2D eigenvalue weighted by Gasteiger charge is 2.27. The third-order valence-corrected chi connectivity index (χ3v) is 4.93. The van der Waals surface area contributed by atoms with E-state index in [9.17, 15) is 14.4 Å². The van der Waals surface area contributed by atoms with E-state index in [-0.39, 0.29) is 29.8 Å². The summed E-state index contributed by atoms with van der Waals surface area (Å²) in [6.45, 7) is 3.47. The molecule has 31 heavy (non-hydrogen) atoms. The number of rotatable bonds is 8. The van der Waals surface area contributed by atoms with Crippen molar-refractivity contribution < 1.29 is 28.6 Å². The molecule has 1 heterocycles. The third-order valence-electron chi connectivity index (χ3n) is 4.60. The van der Waals surface area contributed by atoms with E-state index in [0.717, 1.165) is 5.56 Å². The summed E-state index contributed by atoms with van der Waals surface area (Å²) in [5, 5.41) is 5.57. The van der Waals surface area contributed by atoms with E-state index < -0.39 is 30.4 Å².